The molecule has 5 heteroatoms. The third-order valence-electron chi connectivity index (χ3n) is 5.10. The molecule has 0 aromatic carbocycles. The van der Waals surface area contributed by atoms with E-state index in [1.165, 1.54) is 25.7 Å². The van der Waals surface area contributed by atoms with Gasteiger partial charge in [-0.1, -0.05) is 19.4 Å². The van der Waals surface area contributed by atoms with Crippen molar-refractivity contribution < 1.29 is 0 Å². The molecule has 1 heterocycles. The van der Waals surface area contributed by atoms with Gasteiger partial charge in [-0.15, -0.1) is 0 Å². The molecule has 1 fully saturated rings. The van der Waals surface area contributed by atoms with Gasteiger partial charge in [-0.2, -0.15) is 0 Å². The average Bonchev–Trinajstić information content (AvgIpc) is 2.55. The van der Waals surface area contributed by atoms with E-state index >= 15 is 0 Å². The number of aliphatic imine (C=N–C) groups is 1. The fourth-order valence-corrected chi connectivity index (χ4v) is 3.15. The largest absolute Gasteiger partial charge is 0.357 e. The van der Waals surface area contributed by atoms with E-state index in [-0.39, 0.29) is 5.56 Å². The van der Waals surface area contributed by atoms with Gasteiger partial charge in [0.25, 0.3) is 0 Å². The second kappa shape index (κ2) is 9.50. The minimum Gasteiger partial charge on any atom is -0.357 e. The lowest BCUT2D eigenvalue weighted by molar-refractivity contribution is 0.139. The fraction of sp³-hybridized carbons (Fsp3) is 0.684. The van der Waals surface area contributed by atoms with E-state index in [0.717, 1.165) is 45.0 Å². The summed E-state index contributed by atoms with van der Waals surface area (Å²) in [5.74, 6) is 0.925. The summed E-state index contributed by atoms with van der Waals surface area (Å²) in [5.41, 5.74) is 0.530. The van der Waals surface area contributed by atoms with Crippen molar-refractivity contribution in [3.63, 3.8) is 0 Å². The van der Waals surface area contributed by atoms with Crippen LogP contribution in [0.5, 0.6) is 0 Å². The Balaban J connectivity index is 1.71. The van der Waals surface area contributed by atoms with E-state index in [4.69, 9.17) is 4.99 Å². The summed E-state index contributed by atoms with van der Waals surface area (Å²) in [6.07, 6.45) is 9.06. The normalized spacial score (nSPS) is 16.5. The molecular formula is C19H32N4O. The molecule has 1 aromatic rings. The maximum Gasteiger partial charge on any atom is 0.250 e. The van der Waals surface area contributed by atoms with Crippen molar-refractivity contribution in [1.29, 1.82) is 0 Å². The van der Waals surface area contributed by atoms with Gasteiger partial charge in [-0.25, -0.2) is 0 Å². The van der Waals surface area contributed by atoms with Crippen LogP contribution in [-0.2, 0) is 6.54 Å². The van der Waals surface area contributed by atoms with Crippen LogP contribution in [-0.4, -0.2) is 30.2 Å². The molecular weight excluding hydrogens is 300 g/mol. The van der Waals surface area contributed by atoms with Crippen LogP contribution in [0.25, 0.3) is 0 Å². The molecule has 0 amide bonds. The molecule has 1 aliphatic rings. The van der Waals surface area contributed by atoms with Crippen LogP contribution in [0.1, 0.15) is 52.4 Å². The van der Waals surface area contributed by atoms with Crippen molar-refractivity contribution in [2.45, 2.75) is 58.9 Å². The quantitative estimate of drug-likeness (QED) is 0.415. The van der Waals surface area contributed by atoms with E-state index in [2.05, 4.69) is 24.5 Å². The molecule has 1 aromatic heterocycles. The molecule has 2 N–H and O–H groups in total. The van der Waals surface area contributed by atoms with E-state index in [0.29, 0.717) is 5.41 Å². The summed E-state index contributed by atoms with van der Waals surface area (Å²) in [6.45, 7) is 7.83. The first kappa shape index (κ1) is 18.6. The molecule has 5 nitrogen and oxygen atoms in total. The van der Waals surface area contributed by atoms with Crippen molar-refractivity contribution in [2.75, 3.05) is 19.6 Å². The van der Waals surface area contributed by atoms with Gasteiger partial charge in [0.05, 0.1) is 0 Å². The van der Waals surface area contributed by atoms with Crippen molar-refractivity contribution >= 4 is 5.96 Å². The van der Waals surface area contributed by atoms with Crippen LogP contribution in [0.15, 0.2) is 34.2 Å². The first-order chi connectivity index (χ1) is 11.7. The highest BCUT2D eigenvalue weighted by molar-refractivity contribution is 5.79. The molecule has 1 saturated carbocycles. The maximum atomic E-state index is 11.6. The van der Waals surface area contributed by atoms with Crippen LogP contribution >= 0.6 is 0 Å². The molecule has 0 radical (unpaired) electrons. The smallest absolute Gasteiger partial charge is 0.250 e. The number of hydrogen-bond donors (Lipinski definition) is 2. The Morgan fingerprint density at radius 3 is 2.71 bits per heavy atom. The highest BCUT2D eigenvalue weighted by Gasteiger charge is 2.34. The summed E-state index contributed by atoms with van der Waals surface area (Å²) >= 11 is 0. The lowest BCUT2D eigenvalue weighted by Crippen LogP contribution is -2.40. The Hall–Kier alpha value is -1.78. The third-order valence-corrected chi connectivity index (χ3v) is 5.10. The van der Waals surface area contributed by atoms with Gasteiger partial charge in [-0.05, 0) is 50.5 Å². The van der Waals surface area contributed by atoms with Crippen LogP contribution in [0.4, 0.5) is 0 Å². The van der Waals surface area contributed by atoms with Gasteiger partial charge >= 0.3 is 0 Å². The van der Waals surface area contributed by atoms with Crippen molar-refractivity contribution in [1.82, 2.24) is 15.2 Å². The minimum absolute atomic E-state index is 0.0747. The summed E-state index contributed by atoms with van der Waals surface area (Å²) in [6, 6.07) is 5.29. The molecule has 0 saturated heterocycles. The van der Waals surface area contributed by atoms with E-state index in [1.807, 2.05) is 12.3 Å². The van der Waals surface area contributed by atoms with Gasteiger partial charge in [0.15, 0.2) is 5.96 Å². The molecule has 0 unspecified atom stereocenters. The Morgan fingerprint density at radius 2 is 2.08 bits per heavy atom. The van der Waals surface area contributed by atoms with Crippen molar-refractivity contribution in [2.24, 2.45) is 10.4 Å². The molecule has 1 aliphatic carbocycles. The van der Waals surface area contributed by atoms with Crippen molar-refractivity contribution in [3.8, 4) is 0 Å². The van der Waals surface area contributed by atoms with Gasteiger partial charge in [0.1, 0.15) is 0 Å². The summed E-state index contributed by atoms with van der Waals surface area (Å²) in [5, 5.41) is 6.75. The summed E-state index contributed by atoms with van der Waals surface area (Å²) in [7, 11) is 0. The second-order valence-electron chi connectivity index (χ2n) is 6.77. The molecule has 0 aliphatic heterocycles. The number of guanidine groups is 1. The molecule has 0 bridgehead atoms. The SMILES string of the molecule is CCNC(=NCC1(CC)CCC1)NCCCCn1ccccc1=O. The highest BCUT2D eigenvalue weighted by atomic mass is 16.1. The Bertz CT molecular complexity index is 569. The van der Waals surface area contributed by atoms with Crippen LogP contribution in [0.2, 0.25) is 0 Å². The predicted octanol–water partition coefficient (Wildman–Crippen LogP) is 2.76. The van der Waals surface area contributed by atoms with Crippen molar-refractivity contribution in [3.05, 3.63) is 34.7 Å². The number of unbranched alkanes of at least 4 members (excludes halogenated alkanes) is 1. The Morgan fingerprint density at radius 1 is 1.25 bits per heavy atom. The number of hydrogen-bond acceptors (Lipinski definition) is 2. The predicted molar refractivity (Wildman–Crippen MR) is 100 cm³/mol. The maximum absolute atomic E-state index is 11.6. The lowest BCUT2D eigenvalue weighted by Gasteiger charge is -2.40. The second-order valence-corrected chi connectivity index (χ2v) is 6.77. The zero-order chi connectivity index (χ0) is 17.3. The van der Waals surface area contributed by atoms with Crippen LogP contribution in [0.3, 0.4) is 0 Å². The summed E-state index contributed by atoms with van der Waals surface area (Å²) < 4.78 is 1.76. The zero-order valence-electron chi connectivity index (χ0n) is 15.2. The third kappa shape index (κ3) is 5.39. The minimum atomic E-state index is 0.0747. The van der Waals surface area contributed by atoms with E-state index < -0.39 is 0 Å². The fourth-order valence-electron chi connectivity index (χ4n) is 3.15. The Kier molecular flexibility index (Phi) is 7.35. The first-order valence-corrected chi connectivity index (χ1v) is 9.37. The molecule has 0 atom stereocenters. The van der Waals surface area contributed by atoms with E-state index in [1.54, 1.807) is 16.7 Å². The lowest BCUT2D eigenvalue weighted by atomic mass is 9.67. The number of nitrogens with zero attached hydrogens (tertiary/aromatic N) is 2. The molecule has 2 rings (SSSR count). The summed E-state index contributed by atoms with van der Waals surface area (Å²) in [4.78, 5) is 16.4. The zero-order valence-corrected chi connectivity index (χ0v) is 15.2. The molecule has 134 valence electrons. The number of nitrogens with one attached hydrogen (secondary N) is 2. The number of aromatic nitrogens is 1. The van der Waals surface area contributed by atoms with Gasteiger partial charge < -0.3 is 15.2 Å². The molecule has 0 spiro atoms. The van der Waals surface area contributed by atoms with E-state index in [9.17, 15) is 4.79 Å². The number of rotatable bonds is 9. The van der Waals surface area contributed by atoms with Crippen LogP contribution in [0, 0.1) is 5.41 Å². The van der Waals surface area contributed by atoms with Gasteiger partial charge in [-0.3, -0.25) is 9.79 Å². The highest BCUT2D eigenvalue weighted by Crippen LogP contribution is 2.43. The molecule has 24 heavy (non-hydrogen) atoms. The average molecular weight is 332 g/mol. The van der Waals surface area contributed by atoms with Gasteiger partial charge in [0, 0.05) is 38.4 Å². The topological polar surface area (TPSA) is 58.4 Å². The first-order valence-electron chi connectivity index (χ1n) is 9.37. The number of aryl methyl sites for hydroxylation is 1. The van der Waals surface area contributed by atoms with Crippen LogP contribution < -0.4 is 16.2 Å². The monoisotopic (exact) mass is 332 g/mol. The number of pyridine rings is 1. The van der Waals surface area contributed by atoms with Gasteiger partial charge in [0.2, 0.25) is 5.56 Å². The Labute approximate surface area is 145 Å². The standard InChI is InChI=1S/C19H32N4O/c1-3-19(11-9-12-19)16-22-18(20-4-2)21-13-6-8-15-23-14-7-5-10-17(23)24/h5,7,10,14H,3-4,6,8-9,11-13,15-16H2,1-2H3,(H2,20,21,22).